The van der Waals surface area contributed by atoms with E-state index in [-0.39, 0.29) is 11.3 Å². The van der Waals surface area contributed by atoms with E-state index in [2.05, 4.69) is 57.1 Å². The van der Waals surface area contributed by atoms with Gasteiger partial charge in [-0.2, -0.15) is 0 Å². The number of amides is 1. The lowest BCUT2D eigenvalue weighted by atomic mass is 9.87. The Morgan fingerprint density at radius 3 is 2.48 bits per heavy atom. The number of carbonyl (C=O) groups is 1. The van der Waals surface area contributed by atoms with Crippen LogP contribution in [0, 0.1) is 0 Å². The molecule has 0 saturated heterocycles. The van der Waals surface area contributed by atoms with Gasteiger partial charge in [-0.1, -0.05) is 32.9 Å². The highest BCUT2D eigenvalue weighted by atomic mass is 16.5. The van der Waals surface area contributed by atoms with E-state index in [1.807, 2.05) is 12.1 Å². The zero-order valence-corrected chi connectivity index (χ0v) is 16.5. The molecule has 0 bridgehead atoms. The van der Waals surface area contributed by atoms with E-state index in [0.29, 0.717) is 19.1 Å². The highest BCUT2D eigenvalue weighted by Crippen LogP contribution is 2.26. The Hall–Kier alpha value is -1.55. The van der Waals surface area contributed by atoms with Crippen LogP contribution in [0.4, 0.5) is 0 Å². The molecular weight excluding hydrogens is 312 g/mol. The molecule has 1 saturated carbocycles. The summed E-state index contributed by atoms with van der Waals surface area (Å²) in [5.74, 6) is 0.982. The average Bonchev–Trinajstić information content (AvgIpc) is 3.40. The van der Waals surface area contributed by atoms with Crippen molar-refractivity contribution in [3.05, 3.63) is 29.8 Å². The number of likely N-dealkylation sites (N-methyl/N-ethyl adjacent to an activating group) is 1. The molecule has 0 spiro atoms. The van der Waals surface area contributed by atoms with E-state index < -0.39 is 0 Å². The van der Waals surface area contributed by atoms with Gasteiger partial charge in [-0.25, -0.2) is 0 Å². The first-order valence-corrected chi connectivity index (χ1v) is 9.49. The molecule has 4 heteroatoms. The fourth-order valence-electron chi connectivity index (χ4n) is 2.81. The zero-order valence-electron chi connectivity index (χ0n) is 16.5. The zero-order chi connectivity index (χ0) is 18.4. The van der Waals surface area contributed by atoms with Crippen molar-refractivity contribution in [2.45, 2.75) is 70.9 Å². The Morgan fingerprint density at radius 2 is 1.92 bits per heavy atom. The topological polar surface area (TPSA) is 41.6 Å². The molecule has 25 heavy (non-hydrogen) atoms. The maximum atomic E-state index is 11.9. The smallest absolute Gasteiger partial charge is 0.220 e. The highest BCUT2D eigenvalue weighted by molar-refractivity contribution is 5.75. The van der Waals surface area contributed by atoms with Crippen molar-refractivity contribution in [3.8, 4) is 5.75 Å². The van der Waals surface area contributed by atoms with Gasteiger partial charge in [-0.15, -0.1) is 0 Å². The fourth-order valence-corrected chi connectivity index (χ4v) is 2.81. The molecule has 2 rings (SSSR count). The average molecular weight is 347 g/mol. The van der Waals surface area contributed by atoms with Crippen LogP contribution in [-0.2, 0) is 10.2 Å². The molecule has 1 aliphatic carbocycles. The lowest BCUT2D eigenvalue weighted by Crippen LogP contribution is -2.41. The van der Waals surface area contributed by atoms with Crippen LogP contribution in [-0.4, -0.2) is 43.1 Å². The van der Waals surface area contributed by atoms with Gasteiger partial charge in [0.2, 0.25) is 5.91 Å². The molecule has 0 aliphatic heterocycles. The number of nitrogens with zero attached hydrogens (tertiary/aromatic N) is 1. The Labute approximate surface area is 152 Å². The molecule has 1 fully saturated rings. The first kappa shape index (κ1) is 19.8. The third-order valence-electron chi connectivity index (χ3n) is 4.95. The van der Waals surface area contributed by atoms with Crippen molar-refractivity contribution in [3.63, 3.8) is 0 Å². The van der Waals surface area contributed by atoms with Crippen LogP contribution in [0.2, 0.25) is 0 Å². The third kappa shape index (κ3) is 6.69. The molecule has 1 N–H and O–H groups in total. The molecule has 1 unspecified atom stereocenters. The first-order chi connectivity index (χ1) is 11.8. The summed E-state index contributed by atoms with van der Waals surface area (Å²) in [6, 6.07) is 9.37. The van der Waals surface area contributed by atoms with Crippen molar-refractivity contribution >= 4 is 5.91 Å². The summed E-state index contributed by atoms with van der Waals surface area (Å²) in [7, 11) is 2.15. The maximum Gasteiger partial charge on any atom is 0.220 e. The second-order valence-corrected chi connectivity index (χ2v) is 8.28. The van der Waals surface area contributed by atoms with Gasteiger partial charge >= 0.3 is 0 Å². The summed E-state index contributed by atoms with van der Waals surface area (Å²) in [6.45, 7) is 10.1. The number of hydrogen-bond donors (Lipinski definition) is 1. The maximum absolute atomic E-state index is 11.9. The van der Waals surface area contributed by atoms with Crippen LogP contribution in [0.25, 0.3) is 0 Å². The molecule has 0 radical (unpaired) electrons. The molecule has 1 aromatic carbocycles. The largest absolute Gasteiger partial charge is 0.494 e. The quantitative estimate of drug-likeness (QED) is 0.693. The molecule has 0 heterocycles. The van der Waals surface area contributed by atoms with E-state index in [9.17, 15) is 4.79 Å². The minimum absolute atomic E-state index is 0.114. The van der Waals surface area contributed by atoms with E-state index in [0.717, 1.165) is 24.8 Å². The van der Waals surface area contributed by atoms with Gasteiger partial charge in [0.05, 0.1) is 6.61 Å². The predicted octanol–water partition coefficient (Wildman–Crippen LogP) is 3.74. The highest BCUT2D eigenvalue weighted by Gasteiger charge is 2.29. The van der Waals surface area contributed by atoms with Gasteiger partial charge < -0.3 is 10.1 Å². The molecular formula is C21H34N2O2. The lowest BCUT2D eigenvalue weighted by molar-refractivity contribution is -0.121. The number of nitrogens with one attached hydrogen (secondary N) is 1. The fraction of sp³-hybridized carbons (Fsp3) is 0.667. The molecule has 0 aromatic heterocycles. The standard InChI is InChI=1S/C21H34N2O2/c1-16(23(5)18-10-11-18)15-22-20(24)7-6-14-25-19-12-8-17(9-13-19)21(2,3)4/h8-9,12-13,16,18H,6-7,10-11,14-15H2,1-5H3,(H,22,24). The van der Waals surface area contributed by atoms with Crippen molar-refractivity contribution in [1.29, 1.82) is 0 Å². The first-order valence-electron chi connectivity index (χ1n) is 9.49. The molecule has 4 nitrogen and oxygen atoms in total. The number of hydrogen-bond acceptors (Lipinski definition) is 3. The van der Waals surface area contributed by atoms with E-state index in [1.54, 1.807) is 0 Å². The molecule has 1 atom stereocenters. The summed E-state index contributed by atoms with van der Waals surface area (Å²) >= 11 is 0. The van der Waals surface area contributed by atoms with Gasteiger partial charge in [0.25, 0.3) is 0 Å². The Bertz CT molecular complexity index is 544. The van der Waals surface area contributed by atoms with Gasteiger partial charge in [-0.05, 0) is 56.3 Å². The SMILES string of the molecule is CC(CNC(=O)CCCOc1ccc(C(C)(C)C)cc1)N(C)C1CC1. The van der Waals surface area contributed by atoms with Crippen LogP contribution >= 0.6 is 0 Å². The summed E-state index contributed by atoms with van der Waals surface area (Å²) in [4.78, 5) is 14.3. The number of ether oxygens (including phenoxy) is 1. The molecule has 1 aliphatic rings. The van der Waals surface area contributed by atoms with Crippen molar-refractivity contribution in [2.24, 2.45) is 0 Å². The van der Waals surface area contributed by atoms with Crippen molar-refractivity contribution in [1.82, 2.24) is 10.2 Å². The van der Waals surface area contributed by atoms with Crippen LogP contribution in [0.3, 0.4) is 0 Å². The normalized spacial score (nSPS) is 15.9. The Morgan fingerprint density at radius 1 is 1.28 bits per heavy atom. The second kappa shape index (κ2) is 8.70. The minimum atomic E-state index is 0.114. The van der Waals surface area contributed by atoms with Crippen LogP contribution in [0.15, 0.2) is 24.3 Å². The Kier molecular flexibility index (Phi) is 6.88. The summed E-state index contributed by atoms with van der Waals surface area (Å²) in [5.41, 5.74) is 1.45. The number of carbonyl (C=O) groups excluding carboxylic acids is 1. The summed E-state index contributed by atoms with van der Waals surface area (Å²) in [5, 5.41) is 3.03. The van der Waals surface area contributed by atoms with Gasteiger partial charge in [0.15, 0.2) is 0 Å². The molecule has 1 aromatic rings. The van der Waals surface area contributed by atoms with Crippen LogP contribution in [0.5, 0.6) is 5.75 Å². The van der Waals surface area contributed by atoms with E-state index in [4.69, 9.17) is 4.74 Å². The Balaban J connectivity index is 1.59. The summed E-state index contributed by atoms with van der Waals surface area (Å²) < 4.78 is 5.74. The number of rotatable bonds is 9. The minimum Gasteiger partial charge on any atom is -0.494 e. The predicted molar refractivity (Wildman–Crippen MR) is 103 cm³/mol. The van der Waals surface area contributed by atoms with E-state index >= 15 is 0 Å². The van der Waals surface area contributed by atoms with Crippen LogP contribution < -0.4 is 10.1 Å². The summed E-state index contributed by atoms with van der Waals surface area (Å²) in [6.07, 6.45) is 3.84. The van der Waals surface area contributed by atoms with E-state index in [1.165, 1.54) is 18.4 Å². The van der Waals surface area contributed by atoms with Crippen molar-refractivity contribution in [2.75, 3.05) is 20.2 Å². The monoisotopic (exact) mass is 346 g/mol. The van der Waals surface area contributed by atoms with Gasteiger partial charge in [-0.3, -0.25) is 9.69 Å². The van der Waals surface area contributed by atoms with Crippen molar-refractivity contribution < 1.29 is 9.53 Å². The van der Waals surface area contributed by atoms with Gasteiger partial charge in [0, 0.05) is 25.0 Å². The van der Waals surface area contributed by atoms with Gasteiger partial charge in [0.1, 0.15) is 5.75 Å². The van der Waals surface area contributed by atoms with Crippen LogP contribution in [0.1, 0.15) is 58.9 Å². The number of benzene rings is 1. The molecule has 1 amide bonds. The second-order valence-electron chi connectivity index (χ2n) is 8.28. The lowest BCUT2D eigenvalue weighted by Gasteiger charge is -2.24. The third-order valence-corrected chi connectivity index (χ3v) is 4.95. The molecule has 140 valence electrons.